The van der Waals surface area contributed by atoms with Gasteiger partial charge in [0.1, 0.15) is 11.5 Å². The molecule has 3 aromatic carbocycles. The number of aromatic nitrogens is 2. The number of anilines is 2. The number of ether oxygens (including phenoxy) is 1. The molecule has 2 saturated heterocycles. The van der Waals surface area contributed by atoms with Gasteiger partial charge >= 0.3 is 7.12 Å². The summed E-state index contributed by atoms with van der Waals surface area (Å²) < 4.78 is 8.06. The van der Waals surface area contributed by atoms with Gasteiger partial charge in [0.05, 0.1) is 40.8 Å². The van der Waals surface area contributed by atoms with Crippen LogP contribution in [0, 0.1) is 36.0 Å². The Labute approximate surface area is 330 Å². The normalized spacial score (nSPS) is 25.8. The average molecular weight is 791 g/mol. The molecule has 5 aromatic rings. The lowest BCUT2D eigenvalue weighted by Gasteiger charge is -2.49. The van der Waals surface area contributed by atoms with Crippen LogP contribution in [0.4, 0.5) is 11.5 Å². The first-order valence-electron chi connectivity index (χ1n) is 18.3. The number of hydrogen-bond donors (Lipinski definition) is 3. The Morgan fingerprint density at radius 2 is 1.75 bits per heavy atom. The van der Waals surface area contributed by atoms with Crippen molar-refractivity contribution in [3.8, 4) is 22.1 Å². The first-order valence-corrected chi connectivity index (χ1v) is 19.5. The number of rotatable bonds is 6. The minimum atomic E-state index is -1.80. The fourth-order valence-electron chi connectivity index (χ4n) is 9.78. The van der Waals surface area contributed by atoms with E-state index in [1.54, 1.807) is 55.6 Å². The first kappa shape index (κ1) is 36.4. The van der Waals surface area contributed by atoms with Gasteiger partial charge in [-0.2, -0.15) is 5.10 Å². The Kier molecular flexibility index (Phi) is 8.37. The summed E-state index contributed by atoms with van der Waals surface area (Å²) in [6.07, 6.45) is 2.31. The van der Waals surface area contributed by atoms with Crippen LogP contribution in [0.2, 0.25) is 5.02 Å². The molecule has 2 aliphatic carbocycles. The number of methoxy groups -OCH3 is 1. The predicted molar refractivity (Wildman–Crippen MR) is 212 cm³/mol. The number of benzene rings is 3. The predicted octanol–water partition coefficient (Wildman–Crippen LogP) is 5.09. The number of phenols is 1. The number of amides is 4. The Bertz CT molecular complexity index is 2580. The van der Waals surface area contributed by atoms with Crippen molar-refractivity contribution in [2.45, 2.75) is 32.6 Å². The largest absolute Gasteiger partial charge is 0.504 e. The standard InChI is InChI=1S/C41H36BClN4O8S/c1-19-26-16-22(43)9-13-32(26)56-36(19)29-18-33(45(3)44-29)47-38(50)28-17-27-24(35(41(28,2)40(47)52)20-8-12-30(48)31(14-20)55-4)10-11-25-34(27)39(51)46(37(25)49)23-7-5-6-21(15-23)42(53)54/h5-10,12-16,18,25,27-28,34-35,48,53-54H,11,17H2,1-4H3. The van der Waals surface area contributed by atoms with E-state index in [4.69, 9.17) is 21.4 Å². The van der Waals surface area contributed by atoms with Crippen molar-refractivity contribution in [2.24, 2.45) is 36.1 Å². The molecule has 56 heavy (non-hydrogen) atoms. The maximum Gasteiger partial charge on any atom is 0.488 e. The van der Waals surface area contributed by atoms with Gasteiger partial charge in [0.25, 0.3) is 0 Å². The van der Waals surface area contributed by atoms with E-state index >= 15 is 4.79 Å². The molecular formula is C41H36BClN4O8S. The lowest BCUT2D eigenvalue weighted by molar-refractivity contribution is -0.131. The number of halogens is 1. The molecule has 9 rings (SSSR count). The van der Waals surface area contributed by atoms with E-state index in [0.29, 0.717) is 22.1 Å². The molecule has 6 atom stereocenters. The molecule has 0 bridgehead atoms. The number of imide groups is 2. The second kappa shape index (κ2) is 12.9. The summed E-state index contributed by atoms with van der Waals surface area (Å²) in [6.45, 7) is 3.78. The molecule has 2 aliphatic heterocycles. The van der Waals surface area contributed by atoms with Crippen LogP contribution in [0.3, 0.4) is 0 Å². The molecular weight excluding hydrogens is 755 g/mol. The third-order valence-electron chi connectivity index (χ3n) is 12.5. The zero-order chi connectivity index (χ0) is 39.5. The minimum Gasteiger partial charge on any atom is -0.504 e. The summed E-state index contributed by atoms with van der Waals surface area (Å²) in [5, 5.41) is 36.6. The zero-order valence-electron chi connectivity index (χ0n) is 30.8. The molecule has 4 aliphatic rings. The van der Waals surface area contributed by atoms with Gasteiger partial charge in [0, 0.05) is 28.8 Å². The van der Waals surface area contributed by atoms with Gasteiger partial charge in [0.2, 0.25) is 23.6 Å². The van der Waals surface area contributed by atoms with Gasteiger partial charge < -0.3 is 19.9 Å². The molecule has 284 valence electrons. The second-order valence-electron chi connectivity index (χ2n) is 15.3. The fourth-order valence-corrected chi connectivity index (χ4v) is 11.1. The zero-order valence-corrected chi connectivity index (χ0v) is 32.3. The van der Waals surface area contributed by atoms with Gasteiger partial charge in [-0.15, -0.1) is 11.3 Å². The van der Waals surface area contributed by atoms with Gasteiger partial charge in [0.15, 0.2) is 11.5 Å². The van der Waals surface area contributed by atoms with Crippen molar-refractivity contribution in [2.75, 3.05) is 16.9 Å². The van der Waals surface area contributed by atoms with E-state index in [1.807, 2.05) is 31.2 Å². The Balaban J connectivity index is 1.15. The van der Waals surface area contributed by atoms with E-state index in [2.05, 4.69) is 0 Å². The van der Waals surface area contributed by atoms with Gasteiger partial charge in [-0.05, 0) is 97.0 Å². The number of nitrogens with zero attached hydrogens (tertiary/aromatic N) is 4. The Hall–Kier alpha value is -5.28. The quantitative estimate of drug-likeness (QED) is 0.121. The molecule has 2 aromatic heterocycles. The number of aromatic hydroxyl groups is 1. The van der Waals surface area contributed by atoms with Crippen molar-refractivity contribution in [3.63, 3.8) is 0 Å². The minimum absolute atomic E-state index is 0.0953. The van der Waals surface area contributed by atoms with Gasteiger partial charge in [-0.3, -0.25) is 28.8 Å². The van der Waals surface area contributed by atoms with E-state index in [0.717, 1.165) is 31.0 Å². The smallest absolute Gasteiger partial charge is 0.488 e. The van der Waals surface area contributed by atoms with Crippen LogP contribution in [-0.2, 0) is 26.2 Å². The second-order valence-corrected chi connectivity index (χ2v) is 16.8. The topological polar surface area (TPSA) is 162 Å². The van der Waals surface area contributed by atoms with E-state index < -0.39 is 65.8 Å². The molecule has 12 nitrogen and oxygen atoms in total. The third kappa shape index (κ3) is 5.09. The van der Waals surface area contributed by atoms with E-state index in [9.17, 15) is 29.5 Å². The molecule has 3 fully saturated rings. The molecule has 1 saturated carbocycles. The summed E-state index contributed by atoms with van der Waals surface area (Å²) >= 11 is 7.86. The highest BCUT2D eigenvalue weighted by molar-refractivity contribution is 7.22. The SMILES string of the molecule is COc1cc(C2C3=CCC4C(=O)N(c5cccc(B(O)O)c5)C(=O)C4C3CC3C(=O)N(c4cc(-c5sc6ccc(Cl)cc6c5C)nn4C)C(=O)C32C)ccc1O. The van der Waals surface area contributed by atoms with E-state index in [1.165, 1.54) is 34.9 Å². The highest BCUT2D eigenvalue weighted by Crippen LogP contribution is 2.64. The lowest BCUT2D eigenvalue weighted by Crippen LogP contribution is -2.49. The van der Waals surface area contributed by atoms with Crippen LogP contribution in [0.1, 0.15) is 36.8 Å². The molecule has 6 unspecified atom stereocenters. The molecule has 0 spiro atoms. The number of phenolic OH excluding ortho intramolecular Hbond substituents is 1. The van der Waals surface area contributed by atoms with Crippen molar-refractivity contribution < 1.29 is 39.1 Å². The van der Waals surface area contributed by atoms with Crippen molar-refractivity contribution in [1.82, 2.24) is 9.78 Å². The Morgan fingerprint density at radius 3 is 2.50 bits per heavy atom. The van der Waals surface area contributed by atoms with Gasteiger partial charge in [-0.1, -0.05) is 41.4 Å². The number of thiophene rings is 1. The molecule has 4 heterocycles. The number of carbonyl (C=O) groups excluding carboxylic acids is 4. The van der Waals surface area contributed by atoms with Crippen LogP contribution in [-0.4, -0.2) is 62.8 Å². The van der Waals surface area contributed by atoms with Crippen molar-refractivity contribution >= 4 is 80.7 Å². The molecule has 4 amide bonds. The summed E-state index contributed by atoms with van der Waals surface area (Å²) in [5.41, 5.74) is 2.00. The van der Waals surface area contributed by atoms with Crippen LogP contribution in [0.5, 0.6) is 11.5 Å². The summed E-state index contributed by atoms with van der Waals surface area (Å²) in [6, 6.07) is 18.3. The summed E-state index contributed by atoms with van der Waals surface area (Å²) in [5.74, 6) is -5.07. The van der Waals surface area contributed by atoms with E-state index in [-0.39, 0.29) is 35.5 Å². The number of hydrogen-bond acceptors (Lipinski definition) is 10. The summed E-state index contributed by atoms with van der Waals surface area (Å²) in [7, 11) is 1.33. The lowest BCUT2D eigenvalue weighted by atomic mass is 9.51. The third-order valence-corrected chi connectivity index (χ3v) is 14.0. The number of fused-ring (bicyclic) bond motifs is 5. The first-order chi connectivity index (χ1) is 26.7. The maximum absolute atomic E-state index is 15.1. The van der Waals surface area contributed by atoms with Gasteiger partial charge in [-0.25, -0.2) is 4.90 Å². The Morgan fingerprint density at radius 1 is 0.964 bits per heavy atom. The number of carbonyl (C=O) groups is 4. The molecule has 15 heteroatoms. The summed E-state index contributed by atoms with van der Waals surface area (Å²) in [4.78, 5) is 61.8. The molecule has 0 radical (unpaired) electrons. The van der Waals surface area contributed by atoms with Crippen molar-refractivity contribution in [3.05, 3.63) is 94.5 Å². The average Bonchev–Trinajstić information content (AvgIpc) is 3.85. The highest BCUT2D eigenvalue weighted by atomic mass is 35.5. The van der Waals surface area contributed by atoms with Crippen LogP contribution in [0.25, 0.3) is 20.7 Å². The number of aryl methyl sites for hydroxylation is 2. The van der Waals surface area contributed by atoms with Crippen LogP contribution in [0.15, 0.2) is 78.4 Å². The fraction of sp³-hybridized carbons (Fsp3) is 0.293. The highest BCUT2D eigenvalue weighted by Gasteiger charge is 2.68. The van der Waals surface area contributed by atoms with Crippen LogP contribution >= 0.6 is 22.9 Å². The van der Waals surface area contributed by atoms with Crippen molar-refractivity contribution in [1.29, 1.82) is 0 Å². The monoisotopic (exact) mass is 790 g/mol. The molecule has 3 N–H and O–H groups in total. The maximum atomic E-state index is 15.1. The van der Waals surface area contributed by atoms with Crippen LogP contribution < -0.4 is 20.0 Å². The number of allylic oxidation sites excluding steroid dienone is 2.